The third-order valence-electron chi connectivity index (χ3n) is 5.81. The Bertz CT molecular complexity index is 1340. The van der Waals surface area contributed by atoms with Crippen molar-refractivity contribution in [2.45, 2.75) is 33.2 Å². The van der Waals surface area contributed by atoms with E-state index >= 15 is 0 Å². The van der Waals surface area contributed by atoms with Crippen LogP contribution in [0.25, 0.3) is 11.7 Å². The van der Waals surface area contributed by atoms with Gasteiger partial charge in [-0.2, -0.15) is 0 Å². The first-order valence-electron chi connectivity index (χ1n) is 11.6. The van der Waals surface area contributed by atoms with E-state index < -0.39 is 0 Å². The lowest BCUT2D eigenvalue weighted by Crippen LogP contribution is -2.31. The molecule has 0 aliphatic carbocycles. The van der Waals surface area contributed by atoms with Crippen molar-refractivity contribution in [1.29, 1.82) is 0 Å². The molecule has 3 heterocycles. The molecule has 1 aliphatic rings. The molecule has 1 atom stereocenters. The number of carbonyl (C=O) groups excluding carboxylic acids is 1. The lowest BCUT2D eigenvalue weighted by molar-refractivity contribution is -0.123. The van der Waals surface area contributed by atoms with Gasteiger partial charge in [0.1, 0.15) is 15.8 Å². The van der Waals surface area contributed by atoms with Crippen LogP contribution < -0.4 is 10.9 Å². The minimum Gasteiger partial charge on any atom is -0.382 e. The van der Waals surface area contributed by atoms with Gasteiger partial charge in [-0.1, -0.05) is 60.4 Å². The monoisotopic (exact) mass is 508 g/mol. The molecule has 4 rings (SSSR count). The van der Waals surface area contributed by atoms with Gasteiger partial charge >= 0.3 is 0 Å². The highest BCUT2D eigenvalue weighted by atomic mass is 32.2. The summed E-state index contributed by atoms with van der Waals surface area (Å²) in [4.78, 5) is 33.6. The summed E-state index contributed by atoms with van der Waals surface area (Å²) in [5.74, 6) is 0.231. The van der Waals surface area contributed by atoms with Crippen LogP contribution in [-0.2, 0) is 9.53 Å². The number of carbonyl (C=O) groups is 1. The normalized spacial score (nSPS) is 15.9. The average Bonchev–Trinajstić information content (AvgIpc) is 3.14. The van der Waals surface area contributed by atoms with Crippen molar-refractivity contribution >= 4 is 51.7 Å². The lowest BCUT2D eigenvalue weighted by atomic mass is 10.1. The summed E-state index contributed by atoms with van der Waals surface area (Å²) in [7, 11) is 0. The number of hydrogen-bond donors (Lipinski definition) is 1. The summed E-state index contributed by atoms with van der Waals surface area (Å²) in [6.07, 6.45) is 4.07. The molecule has 9 heteroatoms. The number of thiocarbonyl (C=S) groups is 1. The van der Waals surface area contributed by atoms with Crippen LogP contribution in [0.3, 0.4) is 0 Å². The van der Waals surface area contributed by atoms with Gasteiger partial charge in [0.05, 0.1) is 16.5 Å². The predicted molar refractivity (Wildman–Crippen MR) is 146 cm³/mol. The Labute approximate surface area is 214 Å². The quantitative estimate of drug-likeness (QED) is 0.253. The molecule has 7 nitrogen and oxygen atoms in total. The van der Waals surface area contributed by atoms with Gasteiger partial charge in [0.25, 0.3) is 11.5 Å². The molecule has 0 spiro atoms. The molecule has 1 aromatic carbocycles. The molecule has 1 unspecified atom stereocenters. The first kappa shape index (κ1) is 25.1. The average molecular weight is 509 g/mol. The second-order valence-electron chi connectivity index (χ2n) is 8.18. The summed E-state index contributed by atoms with van der Waals surface area (Å²) >= 11 is 6.76. The maximum atomic E-state index is 13.5. The van der Waals surface area contributed by atoms with Crippen LogP contribution in [0, 0.1) is 6.92 Å². The van der Waals surface area contributed by atoms with Crippen molar-refractivity contribution < 1.29 is 9.53 Å². The van der Waals surface area contributed by atoms with E-state index in [0.29, 0.717) is 46.0 Å². The number of benzene rings is 1. The summed E-state index contributed by atoms with van der Waals surface area (Å²) < 4.78 is 7.39. The van der Waals surface area contributed by atoms with Crippen LogP contribution in [0.1, 0.15) is 43.0 Å². The second kappa shape index (κ2) is 11.2. The molecule has 0 bridgehead atoms. The Balaban J connectivity index is 1.71. The van der Waals surface area contributed by atoms with E-state index in [1.165, 1.54) is 16.2 Å². The van der Waals surface area contributed by atoms with Crippen molar-refractivity contribution in [3.63, 3.8) is 0 Å². The number of ether oxygens (including phenoxy) is 1. The molecular formula is C26H28N4O3S2. The molecule has 1 saturated heterocycles. The number of nitrogens with zero attached hydrogens (tertiary/aromatic N) is 3. The molecule has 1 fully saturated rings. The summed E-state index contributed by atoms with van der Waals surface area (Å²) in [5.41, 5.74) is 2.54. The molecule has 3 aromatic rings. The van der Waals surface area contributed by atoms with E-state index in [1.54, 1.807) is 17.2 Å². The number of hydrogen-bond acceptors (Lipinski definition) is 7. The molecule has 182 valence electrons. The van der Waals surface area contributed by atoms with Crippen LogP contribution >= 0.6 is 24.0 Å². The van der Waals surface area contributed by atoms with Crippen molar-refractivity contribution in [1.82, 2.24) is 14.3 Å². The number of pyridine rings is 1. The molecule has 35 heavy (non-hydrogen) atoms. The highest BCUT2D eigenvalue weighted by Gasteiger charge is 2.36. The zero-order chi connectivity index (χ0) is 24.9. The third kappa shape index (κ3) is 5.32. The van der Waals surface area contributed by atoms with Crippen molar-refractivity contribution in [3.05, 3.63) is 80.6 Å². The van der Waals surface area contributed by atoms with Crippen LogP contribution in [0.4, 0.5) is 5.82 Å². The van der Waals surface area contributed by atoms with Crippen LogP contribution in [-0.4, -0.2) is 44.3 Å². The topological polar surface area (TPSA) is 75.9 Å². The van der Waals surface area contributed by atoms with Gasteiger partial charge in [0.2, 0.25) is 0 Å². The Hall–Kier alpha value is -3.01. The summed E-state index contributed by atoms with van der Waals surface area (Å²) in [5, 5.41) is 3.28. The van der Waals surface area contributed by atoms with Gasteiger partial charge in [-0.3, -0.25) is 18.9 Å². The van der Waals surface area contributed by atoms with E-state index in [1.807, 2.05) is 63.2 Å². The fraction of sp³-hybridized carbons (Fsp3) is 0.308. The van der Waals surface area contributed by atoms with Crippen LogP contribution in [0.5, 0.6) is 0 Å². The van der Waals surface area contributed by atoms with Gasteiger partial charge < -0.3 is 10.1 Å². The van der Waals surface area contributed by atoms with E-state index in [0.717, 1.165) is 17.5 Å². The van der Waals surface area contributed by atoms with Crippen molar-refractivity contribution in [2.24, 2.45) is 0 Å². The van der Waals surface area contributed by atoms with E-state index in [-0.39, 0.29) is 17.5 Å². The van der Waals surface area contributed by atoms with Crippen LogP contribution in [0.2, 0.25) is 0 Å². The number of nitrogens with one attached hydrogen (secondary N) is 1. The van der Waals surface area contributed by atoms with E-state index in [2.05, 4.69) is 5.32 Å². The highest BCUT2D eigenvalue weighted by molar-refractivity contribution is 8.26. The van der Waals surface area contributed by atoms with Gasteiger partial charge in [0.15, 0.2) is 0 Å². The fourth-order valence-corrected chi connectivity index (χ4v) is 5.33. The van der Waals surface area contributed by atoms with Crippen molar-refractivity contribution in [3.8, 4) is 0 Å². The molecule has 1 amide bonds. The van der Waals surface area contributed by atoms with Gasteiger partial charge in [0, 0.05) is 26.0 Å². The largest absolute Gasteiger partial charge is 0.382 e. The summed E-state index contributed by atoms with van der Waals surface area (Å²) in [6, 6.07) is 13.3. The number of aryl methyl sites for hydroxylation is 1. The number of amides is 1. The summed E-state index contributed by atoms with van der Waals surface area (Å²) in [6.45, 7) is 7.67. The molecule has 2 aromatic heterocycles. The first-order valence-corrected chi connectivity index (χ1v) is 12.8. The maximum Gasteiger partial charge on any atom is 0.267 e. The maximum absolute atomic E-state index is 13.5. The number of anilines is 1. The Morgan fingerprint density at radius 3 is 2.71 bits per heavy atom. The smallest absolute Gasteiger partial charge is 0.267 e. The first-order chi connectivity index (χ1) is 16.9. The predicted octanol–water partition coefficient (Wildman–Crippen LogP) is 4.80. The minimum absolute atomic E-state index is 0.215. The highest BCUT2D eigenvalue weighted by Crippen LogP contribution is 2.38. The number of fused-ring (bicyclic) bond motifs is 1. The SMILES string of the molecule is CCOCCCNc1nc2c(C)cccn2c(=O)c1/C=C1/SC(=S)N(C(C)c2ccccc2)C1=O. The molecule has 0 radical (unpaired) electrons. The van der Waals surface area contributed by atoms with E-state index in [9.17, 15) is 9.59 Å². The minimum atomic E-state index is -0.243. The molecule has 0 saturated carbocycles. The lowest BCUT2D eigenvalue weighted by Gasteiger charge is -2.23. The second-order valence-corrected chi connectivity index (χ2v) is 9.86. The van der Waals surface area contributed by atoms with Crippen LogP contribution in [0.15, 0.2) is 58.4 Å². The Kier molecular flexibility index (Phi) is 8.00. The zero-order valence-electron chi connectivity index (χ0n) is 20.0. The molecule has 1 N–H and O–H groups in total. The number of aromatic nitrogens is 2. The van der Waals surface area contributed by atoms with Gasteiger partial charge in [-0.15, -0.1) is 0 Å². The Morgan fingerprint density at radius 1 is 1.20 bits per heavy atom. The Morgan fingerprint density at radius 2 is 1.97 bits per heavy atom. The van der Waals surface area contributed by atoms with E-state index in [4.69, 9.17) is 21.9 Å². The fourth-order valence-electron chi connectivity index (χ4n) is 3.93. The van der Waals surface area contributed by atoms with Gasteiger partial charge in [-0.05, 0) is 50.5 Å². The van der Waals surface area contributed by atoms with Gasteiger partial charge in [-0.25, -0.2) is 4.98 Å². The zero-order valence-corrected chi connectivity index (χ0v) is 21.6. The van der Waals surface area contributed by atoms with Crippen molar-refractivity contribution in [2.75, 3.05) is 25.1 Å². The molecular weight excluding hydrogens is 480 g/mol. The number of thioether (sulfide) groups is 1. The third-order valence-corrected chi connectivity index (χ3v) is 7.14. The number of rotatable bonds is 9. The molecule has 1 aliphatic heterocycles. The standard InChI is InChI=1S/C26H28N4O3S2/c1-4-33-15-9-13-27-22-20(24(31)29-14-8-10-17(2)23(29)28-22)16-21-25(32)30(26(34)35-21)18(3)19-11-6-5-7-12-19/h5-8,10-12,14,16,18,27H,4,9,13,15H2,1-3H3/b21-16+.